The van der Waals surface area contributed by atoms with Crippen LogP contribution >= 0.6 is 0 Å². The quantitative estimate of drug-likeness (QED) is 0.674. The summed E-state index contributed by atoms with van der Waals surface area (Å²) in [6, 6.07) is 3.62. The van der Waals surface area contributed by atoms with Gasteiger partial charge in [-0.3, -0.25) is 10.1 Å². The number of hydrogen-bond donors (Lipinski definition) is 2. The molecule has 3 fully saturated rings. The Kier molecular flexibility index (Phi) is 5.98. The van der Waals surface area contributed by atoms with E-state index < -0.39 is 0 Å². The summed E-state index contributed by atoms with van der Waals surface area (Å²) in [6.45, 7) is 5.10. The molecule has 1 aliphatic carbocycles. The fourth-order valence-electron chi connectivity index (χ4n) is 6.02. The molecule has 3 aliphatic heterocycles. The third-order valence-electron chi connectivity index (χ3n) is 8.06. The van der Waals surface area contributed by atoms with Crippen molar-refractivity contribution in [1.82, 2.24) is 15.0 Å². The van der Waals surface area contributed by atoms with Crippen LogP contribution in [0.15, 0.2) is 18.3 Å². The molecular weight excluding hydrogens is 446 g/mol. The second-order valence-corrected chi connectivity index (χ2v) is 10.2. The van der Waals surface area contributed by atoms with E-state index in [2.05, 4.69) is 20.2 Å². The third kappa shape index (κ3) is 4.31. The number of imidazole rings is 1. The molecule has 1 amide bonds. The van der Waals surface area contributed by atoms with Crippen molar-refractivity contribution in [3.63, 3.8) is 0 Å². The van der Waals surface area contributed by atoms with Crippen molar-refractivity contribution >= 4 is 29.0 Å². The maximum atomic E-state index is 13.2. The van der Waals surface area contributed by atoms with Gasteiger partial charge in [0.15, 0.2) is 0 Å². The van der Waals surface area contributed by atoms with Gasteiger partial charge < -0.3 is 24.1 Å². The molecule has 9 heteroatoms. The Labute approximate surface area is 204 Å². The van der Waals surface area contributed by atoms with Gasteiger partial charge in [-0.15, -0.1) is 0 Å². The van der Waals surface area contributed by atoms with Gasteiger partial charge in [0.2, 0.25) is 5.95 Å². The van der Waals surface area contributed by atoms with E-state index in [0.717, 1.165) is 100 Å². The molecule has 1 spiro atoms. The number of aromatic amines is 1. The van der Waals surface area contributed by atoms with Crippen molar-refractivity contribution in [3.8, 4) is 0 Å². The monoisotopic (exact) mass is 479 g/mol. The minimum atomic E-state index is -0.204. The molecule has 5 heterocycles. The lowest BCUT2D eigenvalue weighted by molar-refractivity contribution is 0.0797. The summed E-state index contributed by atoms with van der Waals surface area (Å²) in [5, 5.41) is 4.78. The first-order chi connectivity index (χ1) is 17.1. The molecule has 3 saturated heterocycles. The fourth-order valence-corrected chi connectivity index (χ4v) is 6.02. The van der Waals surface area contributed by atoms with Crippen LogP contribution in [0.1, 0.15) is 48.9 Å². The molecule has 2 N–H and O–H groups in total. The lowest BCUT2D eigenvalue weighted by Gasteiger charge is -2.25. The molecule has 2 aromatic rings. The van der Waals surface area contributed by atoms with Gasteiger partial charge in [-0.1, -0.05) is 0 Å². The number of nitrogens with zero attached hydrogens (tertiary/aromatic N) is 3. The van der Waals surface area contributed by atoms with Crippen LogP contribution in [-0.2, 0) is 14.2 Å². The van der Waals surface area contributed by atoms with Gasteiger partial charge >= 0.3 is 0 Å². The van der Waals surface area contributed by atoms with Gasteiger partial charge in [0.25, 0.3) is 5.91 Å². The number of pyridine rings is 1. The molecule has 9 nitrogen and oxygen atoms in total. The van der Waals surface area contributed by atoms with Crippen molar-refractivity contribution in [2.45, 2.75) is 38.5 Å². The molecule has 0 bridgehead atoms. The van der Waals surface area contributed by atoms with E-state index in [-0.39, 0.29) is 11.3 Å². The molecule has 4 aliphatic rings. The van der Waals surface area contributed by atoms with Crippen molar-refractivity contribution in [1.29, 1.82) is 0 Å². The summed E-state index contributed by atoms with van der Waals surface area (Å²) in [5.41, 5.74) is 2.14. The SMILES string of the molecule is COC1=c2[nH]c(NC(=O)c3ccnc(N4CC[C@@]5(CCOC5)C4)c3)nc2=C(C2CCOCC2)CC1. The first kappa shape index (κ1) is 22.5. The molecular formula is C26H33N5O4. The normalized spacial score (nSPS) is 24.8. The van der Waals surface area contributed by atoms with Crippen LogP contribution in [0.2, 0.25) is 0 Å². The Balaban J connectivity index is 1.24. The first-order valence-corrected chi connectivity index (χ1v) is 12.7. The lowest BCUT2D eigenvalue weighted by atomic mass is 9.86. The predicted molar refractivity (Wildman–Crippen MR) is 131 cm³/mol. The Bertz CT molecular complexity index is 1230. The first-order valence-electron chi connectivity index (χ1n) is 12.7. The van der Waals surface area contributed by atoms with Crippen LogP contribution in [0.4, 0.5) is 11.8 Å². The zero-order valence-corrected chi connectivity index (χ0v) is 20.3. The number of H-pyrrole nitrogens is 1. The van der Waals surface area contributed by atoms with Gasteiger partial charge in [0, 0.05) is 56.5 Å². The number of ether oxygens (including phenoxy) is 3. The zero-order valence-electron chi connectivity index (χ0n) is 20.3. The number of anilines is 2. The fraction of sp³-hybridized carbons (Fsp3) is 0.577. The van der Waals surface area contributed by atoms with Crippen LogP contribution in [-0.4, -0.2) is 67.5 Å². The summed E-state index contributed by atoms with van der Waals surface area (Å²) in [6.07, 6.45) is 7.69. The van der Waals surface area contributed by atoms with E-state index in [9.17, 15) is 4.79 Å². The van der Waals surface area contributed by atoms with E-state index in [4.69, 9.17) is 19.2 Å². The summed E-state index contributed by atoms with van der Waals surface area (Å²) >= 11 is 0. The minimum Gasteiger partial charge on any atom is -0.499 e. The smallest absolute Gasteiger partial charge is 0.258 e. The number of fused-ring (bicyclic) bond motifs is 1. The Morgan fingerprint density at radius 3 is 2.91 bits per heavy atom. The number of carbonyl (C=O) groups excluding carboxylic acids is 1. The molecule has 6 rings (SSSR count). The average molecular weight is 480 g/mol. The van der Waals surface area contributed by atoms with Gasteiger partial charge in [-0.2, -0.15) is 0 Å². The van der Waals surface area contributed by atoms with Gasteiger partial charge in [-0.05, 0) is 55.7 Å². The van der Waals surface area contributed by atoms with Crippen LogP contribution < -0.4 is 20.9 Å². The Morgan fingerprint density at radius 1 is 1.23 bits per heavy atom. The van der Waals surface area contributed by atoms with Gasteiger partial charge in [0.05, 0.1) is 19.1 Å². The highest BCUT2D eigenvalue weighted by Crippen LogP contribution is 2.39. The molecule has 2 aromatic heterocycles. The predicted octanol–water partition coefficient (Wildman–Crippen LogP) is 1.80. The van der Waals surface area contributed by atoms with Crippen molar-refractivity contribution in [3.05, 3.63) is 34.6 Å². The Morgan fingerprint density at radius 2 is 2.11 bits per heavy atom. The average Bonchev–Trinajstić information content (AvgIpc) is 3.65. The van der Waals surface area contributed by atoms with Crippen molar-refractivity contribution < 1.29 is 19.0 Å². The van der Waals surface area contributed by atoms with Crippen LogP contribution in [0.25, 0.3) is 11.3 Å². The largest absolute Gasteiger partial charge is 0.499 e. The van der Waals surface area contributed by atoms with E-state index >= 15 is 0 Å². The van der Waals surface area contributed by atoms with E-state index in [0.29, 0.717) is 17.4 Å². The number of nitrogens with one attached hydrogen (secondary N) is 2. The molecule has 0 unspecified atom stereocenters. The second-order valence-electron chi connectivity index (χ2n) is 10.2. The number of aromatic nitrogens is 3. The third-order valence-corrected chi connectivity index (χ3v) is 8.06. The minimum absolute atomic E-state index is 0.204. The number of carbonyl (C=O) groups is 1. The highest BCUT2D eigenvalue weighted by atomic mass is 16.5. The summed E-state index contributed by atoms with van der Waals surface area (Å²) in [5.74, 6) is 2.43. The molecule has 1 atom stereocenters. The standard InChI is InChI=1S/C26H33N5O4/c1-33-20-3-2-19(17-5-11-34-12-6-17)22-23(20)29-25(28-22)30-24(32)18-4-9-27-21(14-18)31-10-7-26(15-31)8-13-35-16-26/h4,9,14,17H,2-3,5-8,10-13,15-16H2,1H3,(H2,28,29,30,32)/t26-/m1/s1. The van der Waals surface area contributed by atoms with Crippen LogP contribution in [0, 0.1) is 11.3 Å². The molecule has 0 radical (unpaired) electrons. The van der Waals surface area contributed by atoms with Gasteiger partial charge in [-0.25, -0.2) is 9.97 Å². The molecule has 0 saturated carbocycles. The number of rotatable bonds is 5. The van der Waals surface area contributed by atoms with Crippen molar-refractivity contribution in [2.24, 2.45) is 11.3 Å². The lowest BCUT2D eigenvalue weighted by Crippen LogP contribution is -2.36. The van der Waals surface area contributed by atoms with Crippen molar-refractivity contribution in [2.75, 3.05) is 56.8 Å². The van der Waals surface area contributed by atoms with E-state index in [1.54, 1.807) is 19.4 Å². The van der Waals surface area contributed by atoms with Crippen LogP contribution in [0.5, 0.6) is 0 Å². The van der Waals surface area contributed by atoms with Gasteiger partial charge in [0.1, 0.15) is 16.9 Å². The summed E-state index contributed by atoms with van der Waals surface area (Å²) < 4.78 is 16.8. The maximum absolute atomic E-state index is 13.2. The topological polar surface area (TPSA) is 102 Å². The zero-order chi connectivity index (χ0) is 23.8. The maximum Gasteiger partial charge on any atom is 0.258 e. The number of methoxy groups -OCH3 is 1. The van der Waals surface area contributed by atoms with Crippen LogP contribution in [0.3, 0.4) is 0 Å². The molecule has 35 heavy (non-hydrogen) atoms. The second kappa shape index (κ2) is 9.28. The summed E-state index contributed by atoms with van der Waals surface area (Å²) in [7, 11) is 1.69. The summed E-state index contributed by atoms with van der Waals surface area (Å²) in [4.78, 5) is 28.1. The highest BCUT2D eigenvalue weighted by Gasteiger charge is 2.41. The van der Waals surface area contributed by atoms with E-state index in [1.807, 2.05) is 6.07 Å². The molecule has 0 aromatic carbocycles. The number of hydrogen-bond acceptors (Lipinski definition) is 7. The van der Waals surface area contributed by atoms with E-state index in [1.165, 1.54) is 5.57 Å². The number of amides is 1. The Hall–Kier alpha value is -2.91. The highest BCUT2D eigenvalue weighted by molar-refractivity contribution is 6.03. The molecule has 186 valence electrons.